The third-order valence-corrected chi connectivity index (χ3v) is 2.34. The zero-order valence-electron chi connectivity index (χ0n) is 11.4. The molecule has 0 aliphatic heterocycles. The normalized spacial score (nSPS) is 11.6. The maximum absolute atomic E-state index is 12.9. The summed E-state index contributed by atoms with van der Waals surface area (Å²) in [7, 11) is 0. The molecule has 1 unspecified atom stereocenters. The number of hydrogen-bond donors (Lipinski definition) is 1. The van der Waals surface area contributed by atoms with Crippen LogP contribution < -0.4 is 5.32 Å². The lowest BCUT2D eigenvalue weighted by atomic mass is 10.3. The highest BCUT2D eigenvalue weighted by atomic mass is 19.2. The molecule has 1 atom stereocenters. The number of rotatable bonds is 7. The van der Waals surface area contributed by atoms with E-state index in [-0.39, 0.29) is 12.3 Å². The number of halogens is 2. The van der Waals surface area contributed by atoms with Gasteiger partial charge in [-0.15, -0.1) is 6.58 Å². The zero-order valence-corrected chi connectivity index (χ0v) is 11.4. The molecule has 1 aromatic carbocycles. The van der Waals surface area contributed by atoms with Crippen LogP contribution in [0.1, 0.15) is 6.92 Å². The number of carbonyl (C=O) groups is 2. The first-order chi connectivity index (χ1) is 9.93. The Balaban J connectivity index is 2.41. The maximum atomic E-state index is 12.9. The van der Waals surface area contributed by atoms with E-state index >= 15 is 0 Å². The van der Waals surface area contributed by atoms with Gasteiger partial charge in [-0.3, -0.25) is 4.79 Å². The van der Waals surface area contributed by atoms with E-state index in [2.05, 4.69) is 11.9 Å². The third kappa shape index (κ3) is 5.70. The van der Waals surface area contributed by atoms with E-state index < -0.39 is 36.2 Å². The van der Waals surface area contributed by atoms with Gasteiger partial charge in [0.05, 0.1) is 6.61 Å². The number of nitrogens with one attached hydrogen (secondary N) is 1. The van der Waals surface area contributed by atoms with Gasteiger partial charge in [-0.05, 0) is 19.1 Å². The summed E-state index contributed by atoms with van der Waals surface area (Å²) in [5.41, 5.74) is 0.0610. The van der Waals surface area contributed by atoms with Gasteiger partial charge in [-0.2, -0.15) is 0 Å². The van der Waals surface area contributed by atoms with Crippen molar-refractivity contribution in [2.45, 2.75) is 13.0 Å². The molecule has 0 aromatic heterocycles. The highest BCUT2D eigenvalue weighted by Crippen LogP contribution is 2.12. The Morgan fingerprint density at radius 3 is 2.71 bits per heavy atom. The van der Waals surface area contributed by atoms with Gasteiger partial charge in [-0.25, -0.2) is 13.6 Å². The fourth-order valence-electron chi connectivity index (χ4n) is 1.31. The van der Waals surface area contributed by atoms with Crippen molar-refractivity contribution in [3.8, 4) is 0 Å². The number of esters is 1. The Morgan fingerprint density at radius 2 is 2.10 bits per heavy atom. The van der Waals surface area contributed by atoms with Gasteiger partial charge in [0.1, 0.15) is 0 Å². The van der Waals surface area contributed by atoms with Crippen molar-refractivity contribution in [3.63, 3.8) is 0 Å². The van der Waals surface area contributed by atoms with Gasteiger partial charge in [0.2, 0.25) is 0 Å². The van der Waals surface area contributed by atoms with Crippen LogP contribution in [0.15, 0.2) is 30.9 Å². The third-order valence-electron chi connectivity index (χ3n) is 2.34. The van der Waals surface area contributed by atoms with E-state index in [9.17, 15) is 18.4 Å². The van der Waals surface area contributed by atoms with Crippen LogP contribution in [0.5, 0.6) is 0 Å². The molecule has 7 heteroatoms. The van der Waals surface area contributed by atoms with E-state index in [0.717, 1.165) is 12.1 Å². The Hall–Kier alpha value is -2.28. The quantitative estimate of drug-likeness (QED) is 0.618. The highest BCUT2D eigenvalue weighted by molar-refractivity contribution is 5.93. The molecule has 0 bridgehead atoms. The standard InChI is InChI=1S/C14H15F2NO4/c1-3-6-20-9(2)14(19)21-8-13(18)17-10-4-5-11(15)12(16)7-10/h3-5,7,9H,1,6,8H2,2H3,(H,17,18). The summed E-state index contributed by atoms with van der Waals surface area (Å²) in [4.78, 5) is 22.9. The van der Waals surface area contributed by atoms with Crippen LogP contribution in [0.2, 0.25) is 0 Å². The molecule has 0 aliphatic carbocycles. The summed E-state index contributed by atoms with van der Waals surface area (Å²) in [5, 5.41) is 2.27. The fourth-order valence-corrected chi connectivity index (χ4v) is 1.31. The molecule has 5 nitrogen and oxygen atoms in total. The lowest BCUT2D eigenvalue weighted by Gasteiger charge is -2.11. The summed E-state index contributed by atoms with van der Waals surface area (Å²) in [5.74, 6) is -3.49. The highest BCUT2D eigenvalue weighted by Gasteiger charge is 2.16. The molecule has 1 N–H and O–H groups in total. The average molecular weight is 299 g/mol. The van der Waals surface area contributed by atoms with Gasteiger partial charge < -0.3 is 14.8 Å². The SMILES string of the molecule is C=CCOC(C)C(=O)OCC(=O)Nc1ccc(F)c(F)c1. The minimum absolute atomic E-state index is 0.0610. The van der Waals surface area contributed by atoms with Crippen molar-refractivity contribution in [3.05, 3.63) is 42.5 Å². The molecule has 0 fully saturated rings. The van der Waals surface area contributed by atoms with E-state index in [1.54, 1.807) is 0 Å². The van der Waals surface area contributed by atoms with Crippen LogP contribution in [-0.4, -0.2) is 31.2 Å². The molecular weight excluding hydrogens is 284 g/mol. The van der Waals surface area contributed by atoms with Gasteiger partial charge >= 0.3 is 5.97 Å². The molecule has 0 saturated heterocycles. The second-order valence-electron chi connectivity index (χ2n) is 4.05. The molecule has 114 valence electrons. The first-order valence-corrected chi connectivity index (χ1v) is 6.08. The fraction of sp³-hybridized carbons (Fsp3) is 0.286. The first-order valence-electron chi connectivity index (χ1n) is 6.08. The van der Waals surface area contributed by atoms with Crippen LogP contribution in [0.25, 0.3) is 0 Å². The number of ether oxygens (including phenoxy) is 2. The molecule has 0 aliphatic rings. The zero-order chi connectivity index (χ0) is 15.8. The Morgan fingerprint density at radius 1 is 1.38 bits per heavy atom. The molecule has 0 radical (unpaired) electrons. The minimum atomic E-state index is -1.09. The van der Waals surface area contributed by atoms with E-state index in [0.29, 0.717) is 0 Å². The van der Waals surface area contributed by atoms with Gasteiger partial charge in [0.25, 0.3) is 5.91 Å². The summed E-state index contributed by atoms with van der Waals surface area (Å²) >= 11 is 0. The first kappa shape index (κ1) is 16.8. The molecule has 1 aromatic rings. The number of anilines is 1. The van der Waals surface area contributed by atoms with Crippen LogP contribution in [0.4, 0.5) is 14.5 Å². The minimum Gasteiger partial charge on any atom is -0.454 e. The van der Waals surface area contributed by atoms with Crippen molar-refractivity contribution < 1.29 is 27.8 Å². The Labute approximate surface area is 120 Å². The summed E-state index contributed by atoms with van der Waals surface area (Å²) in [6.45, 7) is 4.52. The van der Waals surface area contributed by atoms with Gasteiger partial charge in [-0.1, -0.05) is 6.08 Å². The molecule has 1 rings (SSSR count). The average Bonchev–Trinajstić information content (AvgIpc) is 2.46. The lowest BCUT2D eigenvalue weighted by Crippen LogP contribution is -2.28. The molecule has 0 heterocycles. The van der Waals surface area contributed by atoms with E-state index in [1.807, 2.05) is 0 Å². The largest absolute Gasteiger partial charge is 0.454 e. The Bertz CT molecular complexity index is 534. The maximum Gasteiger partial charge on any atom is 0.335 e. The molecule has 21 heavy (non-hydrogen) atoms. The Kier molecular flexibility index (Phi) is 6.48. The van der Waals surface area contributed by atoms with E-state index in [4.69, 9.17) is 9.47 Å². The number of amides is 1. The van der Waals surface area contributed by atoms with Crippen LogP contribution >= 0.6 is 0 Å². The van der Waals surface area contributed by atoms with Crippen molar-refractivity contribution in [1.29, 1.82) is 0 Å². The van der Waals surface area contributed by atoms with Crippen LogP contribution in [0, 0.1) is 11.6 Å². The lowest BCUT2D eigenvalue weighted by molar-refractivity contribution is -0.157. The van der Waals surface area contributed by atoms with Crippen LogP contribution in [-0.2, 0) is 19.1 Å². The summed E-state index contributed by atoms with van der Waals surface area (Å²) in [6, 6.07) is 2.89. The molecule has 1 amide bonds. The second-order valence-corrected chi connectivity index (χ2v) is 4.05. The van der Waals surface area contributed by atoms with Crippen LogP contribution in [0.3, 0.4) is 0 Å². The predicted molar refractivity (Wildman–Crippen MR) is 71.6 cm³/mol. The van der Waals surface area contributed by atoms with Crippen molar-refractivity contribution >= 4 is 17.6 Å². The second kappa shape index (κ2) is 8.11. The molecular formula is C14H15F2NO4. The topological polar surface area (TPSA) is 64.6 Å². The predicted octanol–water partition coefficient (Wildman–Crippen LogP) is 2.04. The number of carbonyl (C=O) groups excluding carboxylic acids is 2. The summed E-state index contributed by atoms with van der Waals surface area (Å²) in [6.07, 6.45) is 0.638. The smallest absolute Gasteiger partial charge is 0.335 e. The number of benzene rings is 1. The monoisotopic (exact) mass is 299 g/mol. The van der Waals surface area contributed by atoms with Crippen molar-refractivity contribution in [2.24, 2.45) is 0 Å². The van der Waals surface area contributed by atoms with Gasteiger partial charge in [0, 0.05) is 11.8 Å². The van der Waals surface area contributed by atoms with E-state index in [1.165, 1.54) is 19.1 Å². The van der Waals surface area contributed by atoms with Crippen molar-refractivity contribution in [1.82, 2.24) is 0 Å². The van der Waals surface area contributed by atoms with Crippen molar-refractivity contribution in [2.75, 3.05) is 18.5 Å². The molecule has 0 spiro atoms. The summed E-state index contributed by atoms with van der Waals surface area (Å²) < 4.78 is 35.4. The van der Waals surface area contributed by atoms with Gasteiger partial charge in [0.15, 0.2) is 24.3 Å². The molecule has 0 saturated carbocycles. The number of hydrogen-bond acceptors (Lipinski definition) is 4.